The molecule has 2 heterocycles. The number of benzene rings is 2. The van der Waals surface area contributed by atoms with Gasteiger partial charge in [0.2, 0.25) is 9.84 Å². The molecule has 1 aliphatic heterocycles. The Morgan fingerprint density at radius 2 is 1.75 bits per heavy atom. The molecule has 0 bridgehead atoms. The number of hydrogen-bond acceptors (Lipinski definition) is 5. The molecule has 0 unspecified atom stereocenters. The summed E-state index contributed by atoms with van der Waals surface area (Å²) in [6, 6.07) is 12.1. The Bertz CT molecular complexity index is 1070. The summed E-state index contributed by atoms with van der Waals surface area (Å²) < 4.78 is 37.7. The van der Waals surface area contributed by atoms with E-state index in [4.69, 9.17) is 9.47 Å². The zero-order valence-electron chi connectivity index (χ0n) is 15.8. The first kappa shape index (κ1) is 18.8. The van der Waals surface area contributed by atoms with E-state index in [1.54, 1.807) is 30.3 Å². The maximum atomic E-state index is 13.2. The van der Waals surface area contributed by atoms with Gasteiger partial charge in [0, 0.05) is 18.1 Å². The minimum atomic E-state index is -3.74. The topological polar surface area (TPSA) is 71.6 Å². The molecule has 4 rings (SSSR count). The van der Waals surface area contributed by atoms with E-state index in [9.17, 15) is 8.42 Å². The van der Waals surface area contributed by atoms with Gasteiger partial charge < -0.3 is 14.5 Å². The molecule has 148 valence electrons. The quantitative estimate of drug-likeness (QED) is 0.657. The highest BCUT2D eigenvalue weighted by Crippen LogP contribution is 2.35. The van der Waals surface area contributed by atoms with Crippen molar-refractivity contribution in [3.63, 3.8) is 0 Å². The highest BCUT2D eigenvalue weighted by Gasteiger charge is 2.25. The van der Waals surface area contributed by atoms with E-state index >= 15 is 0 Å². The highest BCUT2D eigenvalue weighted by atomic mass is 32.2. The standard InChI is InChI=1S/C21H24N2O4S/c1-26-17-8-2-3-10-19(17)28(24,25)20-15-22-21-16(20)7-6-9-18(21)27-14-13-23-11-4-5-12-23/h2-3,6-10,15,22H,4-5,11-14H2,1H3. The van der Waals surface area contributed by atoms with Crippen LogP contribution in [0.4, 0.5) is 0 Å². The van der Waals surface area contributed by atoms with Gasteiger partial charge in [0.25, 0.3) is 0 Å². The van der Waals surface area contributed by atoms with Crippen LogP contribution in [0.25, 0.3) is 10.9 Å². The molecule has 1 saturated heterocycles. The minimum absolute atomic E-state index is 0.152. The summed E-state index contributed by atoms with van der Waals surface area (Å²) in [5.74, 6) is 0.994. The first-order valence-corrected chi connectivity index (χ1v) is 10.9. The van der Waals surface area contributed by atoms with Gasteiger partial charge in [-0.3, -0.25) is 4.90 Å². The van der Waals surface area contributed by atoms with Crippen LogP contribution < -0.4 is 9.47 Å². The Morgan fingerprint density at radius 3 is 2.54 bits per heavy atom. The Balaban J connectivity index is 1.64. The summed E-state index contributed by atoms with van der Waals surface area (Å²) in [6.45, 7) is 3.70. The Kier molecular flexibility index (Phi) is 5.28. The van der Waals surface area contributed by atoms with Gasteiger partial charge in [-0.2, -0.15) is 0 Å². The molecule has 0 saturated carbocycles. The minimum Gasteiger partial charge on any atom is -0.495 e. The Hall–Kier alpha value is -2.51. The first-order chi connectivity index (χ1) is 13.6. The molecular formula is C21H24N2O4S. The van der Waals surface area contributed by atoms with Crippen molar-refractivity contribution in [1.29, 1.82) is 0 Å². The SMILES string of the molecule is COc1ccccc1S(=O)(=O)c1c[nH]c2c(OCCN3CCCC3)cccc12. The Labute approximate surface area is 165 Å². The second-order valence-corrected chi connectivity index (χ2v) is 8.77. The number of rotatable bonds is 7. The number of fused-ring (bicyclic) bond motifs is 1. The molecule has 0 aliphatic carbocycles. The fourth-order valence-corrected chi connectivity index (χ4v) is 5.28. The largest absolute Gasteiger partial charge is 0.495 e. The van der Waals surface area contributed by atoms with E-state index in [1.807, 2.05) is 12.1 Å². The number of hydrogen-bond donors (Lipinski definition) is 1. The van der Waals surface area contributed by atoms with Crippen molar-refractivity contribution in [2.45, 2.75) is 22.6 Å². The molecule has 0 atom stereocenters. The average molecular weight is 401 g/mol. The van der Waals surface area contributed by atoms with Crippen LogP contribution in [0.3, 0.4) is 0 Å². The Morgan fingerprint density at radius 1 is 1.00 bits per heavy atom. The second-order valence-electron chi connectivity index (χ2n) is 6.88. The number of nitrogens with one attached hydrogen (secondary N) is 1. The van der Waals surface area contributed by atoms with Gasteiger partial charge in [0.1, 0.15) is 23.0 Å². The summed E-state index contributed by atoms with van der Waals surface area (Å²) in [6.07, 6.45) is 4.02. The number of ether oxygens (including phenoxy) is 2. The van der Waals surface area contributed by atoms with Crippen LogP contribution in [0.2, 0.25) is 0 Å². The van der Waals surface area contributed by atoms with Crippen molar-refractivity contribution < 1.29 is 17.9 Å². The van der Waals surface area contributed by atoms with E-state index in [1.165, 1.54) is 26.1 Å². The van der Waals surface area contributed by atoms with Gasteiger partial charge in [0.15, 0.2) is 0 Å². The zero-order chi connectivity index (χ0) is 19.6. The van der Waals surface area contributed by atoms with Crippen molar-refractivity contribution in [3.8, 4) is 11.5 Å². The lowest BCUT2D eigenvalue weighted by molar-refractivity contribution is 0.239. The number of methoxy groups -OCH3 is 1. The fourth-order valence-electron chi connectivity index (χ4n) is 3.69. The molecule has 2 aromatic carbocycles. The van der Waals surface area contributed by atoms with Crippen LogP contribution >= 0.6 is 0 Å². The van der Waals surface area contributed by atoms with Crippen molar-refractivity contribution >= 4 is 20.7 Å². The molecule has 3 aromatic rings. The monoisotopic (exact) mass is 400 g/mol. The van der Waals surface area contributed by atoms with Gasteiger partial charge in [-0.1, -0.05) is 24.3 Å². The first-order valence-electron chi connectivity index (χ1n) is 9.44. The predicted molar refractivity (Wildman–Crippen MR) is 108 cm³/mol. The van der Waals surface area contributed by atoms with Crippen LogP contribution in [-0.4, -0.2) is 51.7 Å². The van der Waals surface area contributed by atoms with Gasteiger partial charge in [0.05, 0.1) is 17.5 Å². The molecule has 1 aromatic heterocycles. The van der Waals surface area contributed by atoms with Crippen molar-refractivity contribution in [2.24, 2.45) is 0 Å². The number of aromatic nitrogens is 1. The maximum absolute atomic E-state index is 13.2. The number of likely N-dealkylation sites (tertiary alicyclic amines) is 1. The molecule has 0 amide bonds. The number of aromatic amines is 1. The van der Waals surface area contributed by atoms with Gasteiger partial charge in [-0.25, -0.2) is 8.42 Å². The molecule has 1 fully saturated rings. The predicted octanol–water partition coefficient (Wildman–Crippen LogP) is 3.48. The fraction of sp³-hybridized carbons (Fsp3) is 0.333. The van der Waals surface area contributed by atoms with Crippen LogP contribution in [0.1, 0.15) is 12.8 Å². The van der Waals surface area contributed by atoms with Gasteiger partial charge in [-0.05, 0) is 44.1 Å². The van der Waals surface area contributed by atoms with Crippen LogP contribution in [0.5, 0.6) is 11.5 Å². The summed E-state index contributed by atoms with van der Waals surface area (Å²) in [5.41, 5.74) is 0.692. The lowest BCUT2D eigenvalue weighted by atomic mass is 10.2. The summed E-state index contributed by atoms with van der Waals surface area (Å²) in [5, 5.41) is 0.615. The van der Waals surface area contributed by atoms with Crippen LogP contribution in [0.15, 0.2) is 58.5 Å². The van der Waals surface area contributed by atoms with Crippen molar-refractivity contribution in [1.82, 2.24) is 9.88 Å². The zero-order valence-corrected chi connectivity index (χ0v) is 16.7. The summed E-state index contributed by atoms with van der Waals surface area (Å²) >= 11 is 0. The van der Waals surface area contributed by atoms with E-state index in [-0.39, 0.29) is 9.79 Å². The molecule has 1 N–H and O–H groups in total. The lowest BCUT2D eigenvalue weighted by Crippen LogP contribution is -2.25. The normalized spacial score (nSPS) is 15.2. The van der Waals surface area contributed by atoms with Crippen LogP contribution in [-0.2, 0) is 9.84 Å². The molecule has 0 spiro atoms. The molecule has 6 nitrogen and oxygen atoms in total. The number of para-hydroxylation sites is 2. The molecule has 28 heavy (non-hydrogen) atoms. The molecule has 0 radical (unpaired) electrons. The van der Waals surface area contributed by atoms with E-state index in [2.05, 4.69) is 9.88 Å². The second kappa shape index (κ2) is 7.85. The van der Waals surface area contributed by atoms with Gasteiger partial charge in [-0.15, -0.1) is 0 Å². The smallest absolute Gasteiger partial charge is 0.212 e. The number of H-pyrrole nitrogens is 1. The van der Waals surface area contributed by atoms with Crippen molar-refractivity contribution in [2.75, 3.05) is 33.4 Å². The molecule has 7 heteroatoms. The van der Waals surface area contributed by atoms with Crippen LogP contribution in [0, 0.1) is 0 Å². The van der Waals surface area contributed by atoms with Crippen molar-refractivity contribution in [3.05, 3.63) is 48.7 Å². The third-order valence-corrected chi connectivity index (χ3v) is 6.98. The lowest BCUT2D eigenvalue weighted by Gasteiger charge is -2.15. The number of nitrogens with zero attached hydrogens (tertiary/aromatic N) is 1. The maximum Gasteiger partial charge on any atom is 0.212 e. The average Bonchev–Trinajstić information content (AvgIpc) is 3.38. The van der Waals surface area contributed by atoms with Gasteiger partial charge >= 0.3 is 0 Å². The highest BCUT2D eigenvalue weighted by molar-refractivity contribution is 7.91. The van der Waals surface area contributed by atoms with E-state index in [0.717, 1.165) is 19.6 Å². The third kappa shape index (κ3) is 3.47. The molecule has 1 aliphatic rings. The summed E-state index contributed by atoms with van der Waals surface area (Å²) in [4.78, 5) is 5.84. The molecular weight excluding hydrogens is 376 g/mol. The van der Waals surface area contributed by atoms with E-state index < -0.39 is 9.84 Å². The summed E-state index contributed by atoms with van der Waals surface area (Å²) in [7, 11) is -2.27. The number of sulfone groups is 1. The van der Waals surface area contributed by atoms with E-state index in [0.29, 0.717) is 29.0 Å². The third-order valence-electron chi connectivity index (χ3n) is 5.15.